The molecule has 0 amide bonds. The van der Waals surface area contributed by atoms with Crippen LogP contribution in [-0.2, 0) is 9.84 Å². The second kappa shape index (κ2) is 4.63. The van der Waals surface area contributed by atoms with E-state index in [4.69, 9.17) is 6.42 Å². The number of fused-ring (bicyclic) bond motifs is 1. The van der Waals surface area contributed by atoms with E-state index in [1.165, 1.54) is 29.5 Å². The summed E-state index contributed by atoms with van der Waals surface area (Å²) in [7, 11) is -3.25. The predicted molar refractivity (Wildman–Crippen MR) is 70.7 cm³/mol. The van der Waals surface area contributed by atoms with Crippen molar-refractivity contribution in [2.75, 3.05) is 6.26 Å². The molecule has 90 valence electrons. The third-order valence-corrected chi connectivity index (χ3v) is 3.55. The zero-order valence-electron chi connectivity index (χ0n) is 9.79. The maximum absolute atomic E-state index is 11.1. The van der Waals surface area contributed by atoms with Gasteiger partial charge in [0.1, 0.15) is 10.6 Å². The Labute approximate surface area is 106 Å². The molecule has 3 rings (SSSR count). The van der Waals surface area contributed by atoms with Crippen molar-refractivity contribution in [1.29, 1.82) is 0 Å². The van der Waals surface area contributed by atoms with Crippen molar-refractivity contribution in [2.45, 2.75) is 4.90 Å². The van der Waals surface area contributed by atoms with Gasteiger partial charge in [0.25, 0.3) is 0 Å². The summed E-state index contributed by atoms with van der Waals surface area (Å²) in [5, 5.41) is 0. The molecule has 0 radical (unpaired) electrons. The van der Waals surface area contributed by atoms with Crippen LogP contribution in [-0.4, -0.2) is 19.7 Å². The summed E-state index contributed by atoms with van der Waals surface area (Å²) < 4.78 is 22.2. The molecule has 1 aromatic heterocycles. The Kier molecular flexibility index (Phi) is 3.17. The van der Waals surface area contributed by atoms with Gasteiger partial charge in [0, 0.05) is 12.5 Å². The van der Waals surface area contributed by atoms with Crippen molar-refractivity contribution in [2.24, 2.45) is 0 Å². The smallest absolute Gasteiger partial charge is 0.178 e. The number of sulfone groups is 1. The first-order valence-electron chi connectivity index (χ1n) is 5.24. The van der Waals surface area contributed by atoms with Gasteiger partial charge < -0.3 is 0 Å². The molecule has 1 heterocycles. The highest BCUT2D eigenvalue weighted by atomic mass is 32.2. The molecule has 2 aliphatic rings. The highest BCUT2D eigenvalue weighted by Gasteiger charge is 2.11. The molecule has 0 N–H and O–H groups in total. The standard InChI is InChI=1S/C8H7NO2S.C6H4/c1-3-7-8(12(2,10)11)5-4-6-9-7;1-2-5-4-6(5)3-1/h1,4-6H,2H3;1-4H. The van der Waals surface area contributed by atoms with Crippen molar-refractivity contribution in [3.63, 3.8) is 0 Å². The number of nitrogens with zero attached hydrogens (tertiary/aromatic N) is 1. The van der Waals surface area contributed by atoms with Gasteiger partial charge in [-0.05, 0) is 35.2 Å². The van der Waals surface area contributed by atoms with Crippen LogP contribution in [0, 0.1) is 12.3 Å². The van der Waals surface area contributed by atoms with E-state index in [0.717, 1.165) is 6.26 Å². The molecule has 0 unspecified atom stereocenters. The molecule has 1 aromatic rings. The molecule has 0 aromatic carbocycles. The van der Waals surface area contributed by atoms with E-state index in [2.05, 4.69) is 35.2 Å². The maximum atomic E-state index is 11.1. The highest BCUT2D eigenvalue weighted by molar-refractivity contribution is 7.90. The van der Waals surface area contributed by atoms with Crippen molar-refractivity contribution in [3.05, 3.63) is 48.3 Å². The van der Waals surface area contributed by atoms with Gasteiger partial charge in [0.2, 0.25) is 0 Å². The molecule has 3 nitrogen and oxygen atoms in total. The Hall–Kier alpha value is -2.12. The van der Waals surface area contributed by atoms with Crippen molar-refractivity contribution in [3.8, 4) is 23.5 Å². The van der Waals surface area contributed by atoms with Crippen molar-refractivity contribution in [1.82, 2.24) is 4.98 Å². The third kappa shape index (κ3) is 2.76. The zero-order valence-corrected chi connectivity index (χ0v) is 10.6. The van der Waals surface area contributed by atoms with E-state index in [9.17, 15) is 8.42 Å². The van der Waals surface area contributed by atoms with Crippen molar-refractivity contribution < 1.29 is 8.42 Å². The SMILES string of the molecule is C#Cc1ncccc1S(C)(=O)=O.c1cc2cc-2c1. The Balaban J connectivity index is 0.000000164. The Morgan fingerprint density at radius 3 is 2.17 bits per heavy atom. The van der Waals surface area contributed by atoms with Gasteiger partial charge in [0.05, 0.1) is 0 Å². The lowest BCUT2D eigenvalue weighted by Gasteiger charge is -1.98. The Morgan fingerprint density at radius 2 is 1.83 bits per heavy atom. The normalized spacial score (nSPS) is 10.9. The fourth-order valence-electron chi connectivity index (χ4n) is 1.47. The van der Waals surface area contributed by atoms with Gasteiger partial charge in [-0.25, -0.2) is 13.4 Å². The van der Waals surface area contributed by atoms with E-state index >= 15 is 0 Å². The maximum Gasteiger partial charge on any atom is 0.178 e. The van der Waals surface area contributed by atoms with Crippen LogP contribution in [0.1, 0.15) is 5.69 Å². The molecule has 0 bridgehead atoms. The van der Waals surface area contributed by atoms with Crippen LogP contribution in [0.5, 0.6) is 0 Å². The average Bonchev–Trinajstić information content (AvgIpc) is 2.96. The van der Waals surface area contributed by atoms with Crippen molar-refractivity contribution >= 4 is 9.84 Å². The minimum atomic E-state index is -3.25. The molecular weight excluding hydrogens is 246 g/mol. The number of hydrogen-bond donors (Lipinski definition) is 0. The second-order valence-electron chi connectivity index (χ2n) is 3.85. The largest absolute Gasteiger partial charge is 0.246 e. The van der Waals surface area contributed by atoms with Crippen LogP contribution in [0.4, 0.5) is 0 Å². The number of aromatic nitrogens is 1. The summed E-state index contributed by atoms with van der Waals surface area (Å²) >= 11 is 0. The summed E-state index contributed by atoms with van der Waals surface area (Å²) in [6.07, 6.45) is 7.63. The lowest BCUT2D eigenvalue weighted by Crippen LogP contribution is -2.01. The van der Waals surface area contributed by atoms with E-state index in [-0.39, 0.29) is 10.6 Å². The fourth-order valence-corrected chi connectivity index (χ4v) is 2.26. The minimum absolute atomic E-state index is 0.104. The minimum Gasteiger partial charge on any atom is -0.246 e. The number of benzene rings is 1. The molecule has 0 aliphatic heterocycles. The molecule has 0 fully saturated rings. The van der Waals surface area contributed by atoms with Crippen LogP contribution < -0.4 is 0 Å². The van der Waals surface area contributed by atoms with Crippen LogP contribution in [0.2, 0.25) is 0 Å². The molecule has 0 saturated heterocycles. The van der Waals surface area contributed by atoms with Crippen LogP contribution >= 0.6 is 0 Å². The summed E-state index contributed by atoms with van der Waals surface area (Å²) in [6, 6.07) is 11.5. The molecular formula is C14H11NO2S. The molecule has 18 heavy (non-hydrogen) atoms. The van der Waals surface area contributed by atoms with Crippen LogP contribution in [0.25, 0.3) is 11.1 Å². The number of rotatable bonds is 1. The second-order valence-corrected chi connectivity index (χ2v) is 5.83. The fraction of sp³-hybridized carbons (Fsp3) is 0.0714. The first-order valence-corrected chi connectivity index (χ1v) is 7.13. The molecule has 4 heteroatoms. The summed E-state index contributed by atoms with van der Waals surface area (Å²) in [6.45, 7) is 0. The van der Waals surface area contributed by atoms with Gasteiger partial charge in [-0.2, -0.15) is 0 Å². The van der Waals surface area contributed by atoms with Crippen LogP contribution in [0.3, 0.4) is 0 Å². The van der Waals surface area contributed by atoms with Gasteiger partial charge in [0.15, 0.2) is 9.84 Å². The van der Waals surface area contributed by atoms with E-state index < -0.39 is 9.84 Å². The number of terminal acetylenes is 1. The third-order valence-electron chi connectivity index (χ3n) is 2.42. The van der Waals surface area contributed by atoms with E-state index in [1.54, 1.807) is 0 Å². The van der Waals surface area contributed by atoms with Gasteiger partial charge in [-0.3, -0.25) is 0 Å². The van der Waals surface area contributed by atoms with E-state index in [0.29, 0.717) is 0 Å². The summed E-state index contributed by atoms with van der Waals surface area (Å²) in [5.41, 5.74) is 3.02. The Morgan fingerprint density at radius 1 is 1.17 bits per heavy atom. The van der Waals surface area contributed by atoms with Gasteiger partial charge in [-0.1, -0.05) is 18.2 Å². The zero-order chi connectivity index (χ0) is 13.2. The first kappa shape index (κ1) is 12.3. The number of pyridine rings is 1. The lowest BCUT2D eigenvalue weighted by molar-refractivity contribution is 0.601. The van der Waals surface area contributed by atoms with Gasteiger partial charge >= 0.3 is 0 Å². The molecule has 0 spiro atoms. The number of hydrogen-bond acceptors (Lipinski definition) is 3. The molecule has 2 aliphatic carbocycles. The summed E-state index contributed by atoms with van der Waals surface area (Å²) in [4.78, 5) is 3.85. The predicted octanol–water partition coefficient (Wildman–Crippen LogP) is 2.13. The summed E-state index contributed by atoms with van der Waals surface area (Å²) in [5.74, 6) is 2.21. The van der Waals surface area contributed by atoms with Gasteiger partial charge in [-0.15, -0.1) is 6.42 Å². The quantitative estimate of drug-likeness (QED) is 0.627. The Bertz CT molecular complexity index is 710. The molecule has 0 saturated carbocycles. The lowest BCUT2D eigenvalue weighted by atomic mass is 10.4. The highest BCUT2D eigenvalue weighted by Crippen LogP contribution is 2.32. The monoisotopic (exact) mass is 257 g/mol. The average molecular weight is 257 g/mol. The topological polar surface area (TPSA) is 47.0 Å². The van der Waals surface area contributed by atoms with Crippen LogP contribution in [0.15, 0.2) is 47.5 Å². The van der Waals surface area contributed by atoms with E-state index in [1.807, 2.05) is 0 Å². The molecule has 0 atom stereocenters. The first-order chi connectivity index (χ1) is 8.52.